The van der Waals surface area contributed by atoms with Crippen LogP contribution in [-0.4, -0.2) is 31.4 Å². The lowest BCUT2D eigenvalue weighted by atomic mass is 10.2. The second-order valence-corrected chi connectivity index (χ2v) is 6.76. The molecule has 1 aliphatic heterocycles. The first-order valence-electron chi connectivity index (χ1n) is 8.96. The van der Waals surface area contributed by atoms with Gasteiger partial charge in [0.25, 0.3) is 5.91 Å². The van der Waals surface area contributed by atoms with Gasteiger partial charge in [0.1, 0.15) is 11.4 Å². The Labute approximate surface area is 168 Å². The number of benzene rings is 2. The summed E-state index contributed by atoms with van der Waals surface area (Å²) in [7, 11) is 1.59. The second-order valence-electron chi connectivity index (χ2n) is 5.73. The van der Waals surface area contributed by atoms with Crippen LogP contribution in [0.25, 0.3) is 6.08 Å². The van der Waals surface area contributed by atoms with Crippen molar-refractivity contribution in [3.05, 3.63) is 52.9 Å². The number of hydrogen-bond donors (Lipinski definition) is 1. The van der Waals surface area contributed by atoms with E-state index in [9.17, 15) is 4.79 Å². The minimum atomic E-state index is -0.189. The molecular formula is C21H22N2O4S. The van der Waals surface area contributed by atoms with Gasteiger partial charge >= 0.3 is 0 Å². The van der Waals surface area contributed by atoms with Crippen LogP contribution >= 0.6 is 11.8 Å². The molecule has 1 saturated heterocycles. The fourth-order valence-corrected chi connectivity index (χ4v) is 3.45. The zero-order valence-corrected chi connectivity index (χ0v) is 16.8. The summed E-state index contributed by atoms with van der Waals surface area (Å²) in [6.07, 6.45) is 1.80. The van der Waals surface area contributed by atoms with E-state index in [1.165, 1.54) is 11.8 Å². The fourth-order valence-electron chi connectivity index (χ4n) is 2.62. The van der Waals surface area contributed by atoms with E-state index in [1.54, 1.807) is 13.2 Å². The molecule has 1 heterocycles. The predicted molar refractivity (Wildman–Crippen MR) is 113 cm³/mol. The summed E-state index contributed by atoms with van der Waals surface area (Å²) in [5.41, 5.74) is 1.52. The Kier molecular flexibility index (Phi) is 6.60. The number of aliphatic imine (C=N–C) groups is 1. The highest BCUT2D eigenvalue weighted by atomic mass is 32.2. The van der Waals surface area contributed by atoms with Crippen molar-refractivity contribution < 1.29 is 19.0 Å². The maximum atomic E-state index is 12.3. The summed E-state index contributed by atoms with van der Waals surface area (Å²) in [5, 5.41) is 3.31. The summed E-state index contributed by atoms with van der Waals surface area (Å²) >= 11 is 1.29. The van der Waals surface area contributed by atoms with Crippen molar-refractivity contribution >= 4 is 34.6 Å². The molecule has 0 radical (unpaired) electrons. The van der Waals surface area contributed by atoms with Gasteiger partial charge in [-0.15, -0.1) is 0 Å². The van der Waals surface area contributed by atoms with E-state index < -0.39 is 0 Å². The lowest BCUT2D eigenvalue weighted by Crippen LogP contribution is -2.19. The Morgan fingerprint density at radius 2 is 1.79 bits per heavy atom. The number of para-hydroxylation sites is 2. The molecule has 1 amide bonds. The van der Waals surface area contributed by atoms with Crippen LogP contribution in [0.1, 0.15) is 19.4 Å². The average Bonchev–Trinajstić information content (AvgIpc) is 3.03. The number of methoxy groups -OCH3 is 1. The van der Waals surface area contributed by atoms with Gasteiger partial charge in [0.15, 0.2) is 16.7 Å². The van der Waals surface area contributed by atoms with Crippen LogP contribution in [0.2, 0.25) is 0 Å². The van der Waals surface area contributed by atoms with Crippen molar-refractivity contribution in [2.24, 2.45) is 4.99 Å². The van der Waals surface area contributed by atoms with Gasteiger partial charge in [0, 0.05) is 0 Å². The molecule has 1 fully saturated rings. The van der Waals surface area contributed by atoms with E-state index >= 15 is 0 Å². The van der Waals surface area contributed by atoms with E-state index in [1.807, 2.05) is 56.3 Å². The lowest BCUT2D eigenvalue weighted by Gasteiger charge is -2.09. The highest BCUT2D eigenvalue weighted by Gasteiger charge is 2.24. The Balaban J connectivity index is 1.83. The largest absolute Gasteiger partial charge is 0.493 e. The number of amides is 1. The number of carbonyl (C=O) groups excluding carboxylic acids is 1. The van der Waals surface area contributed by atoms with Crippen molar-refractivity contribution in [2.75, 3.05) is 20.3 Å². The Morgan fingerprint density at radius 3 is 2.54 bits per heavy atom. The molecule has 1 N–H and O–H groups in total. The maximum absolute atomic E-state index is 12.3. The summed E-state index contributed by atoms with van der Waals surface area (Å²) in [6, 6.07) is 13.0. The highest BCUT2D eigenvalue weighted by Crippen LogP contribution is 2.34. The van der Waals surface area contributed by atoms with Gasteiger partial charge in [-0.25, -0.2) is 4.99 Å². The molecule has 0 spiro atoms. The number of nitrogens with one attached hydrogen (secondary N) is 1. The third-order valence-electron chi connectivity index (χ3n) is 3.82. The van der Waals surface area contributed by atoms with E-state index in [0.29, 0.717) is 46.2 Å². The lowest BCUT2D eigenvalue weighted by molar-refractivity contribution is -0.115. The number of hydrogen-bond acceptors (Lipinski definition) is 6. The van der Waals surface area contributed by atoms with Crippen LogP contribution in [-0.2, 0) is 4.79 Å². The van der Waals surface area contributed by atoms with Crippen molar-refractivity contribution in [1.82, 2.24) is 5.32 Å². The maximum Gasteiger partial charge on any atom is 0.264 e. The number of amidine groups is 1. The van der Waals surface area contributed by atoms with Crippen LogP contribution < -0.4 is 19.5 Å². The minimum Gasteiger partial charge on any atom is -0.493 e. The van der Waals surface area contributed by atoms with Gasteiger partial charge in [-0.2, -0.15) is 0 Å². The van der Waals surface area contributed by atoms with Gasteiger partial charge < -0.3 is 19.5 Å². The third kappa shape index (κ3) is 4.67. The number of carbonyl (C=O) groups is 1. The minimum absolute atomic E-state index is 0.189. The van der Waals surface area contributed by atoms with Crippen LogP contribution in [0.4, 0.5) is 5.69 Å². The van der Waals surface area contributed by atoms with Crippen LogP contribution in [0, 0.1) is 0 Å². The number of nitrogens with zero attached hydrogens (tertiary/aromatic N) is 1. The topological polar surface area (TPSA) is 69.2 Å². The predicted octanol–water partition coefficient (Wildman–Crippen LogP) is 4.38. The quantitative estimate of drug-likeness (QED) is 0.701. The first-order valence-corrected chi connectivity index (χ1v) is 9.78. The molecule has 0 unspecified atom stereocenters. The molecule has 0 aliphatic carbocycles. The first kappa shape index (κ1) is 19.8. The van der Waals surface area contributed by atoms with Gasteiger partial charge in [-0.1, -0.05) is 18.2 Å². The summed E-state index contributed by atoms with van der Waals surface area (Å²) in [6.45, 7) is 4.94. The molecule has 0 aromatic heterocycles. The molecule has 28 heavy (non-hydrogen) atoms. The number of rotatable bonds is 7. The first-order chi connectivity index (χ1) is 13.6. The number of thioether (sulfide) groups is 1. The van der Waals surface area contributed by atoms with E-state index in [2.05, 4.69) is 10.3 Å². The molecule has 2 aromatic rings. The fraction of sp³-hybridized carbons (Fsp3) is 0.238. The average molecular weight is 398 g/mol. The van der Waals surface area contributed by atoms with Gasteiger partial charge in [-0.3, -0.25) is 4.79 Å². The molecule has 2 aromatic carbocycles. The molecular weight excluding hydrogens is 376 g/mol. The summed E-state index contributed by atoms with van der Waals surface area (Å²) in [5.74, 6) is 1.79. The molecule has 146 valence electrons. The Hall–Kier alpha value is -2.93. The highest BCUT2D eigenvalue weighted by molar-refractivity contribution is 8.18. The van der Waals surface area contributed by atoms with Crippen molar-refractivity contribution in [2.45, 2.75) is 13.8 Å². The Bertz CT molecular complexity index is 924. The van der Waals surface area contributed by atoms with Crippen LogP contribution in [0.15, 0.2) is 52.4 Å². The Morgan fingerprint density at radius 1 is 1.04 bits per heavy atom. The monoisotopic (exact) mass is 398 g/mol. The van der Waals surface area contributed by atoms with Gasteiger partial charge in [0.05, 0.1) is 25.2 Å². The molecule has 0 saturated carbocycles. The zero-order chi connectivity index (χ0) is 19.9. The number of ether oxygens (including phenoxy) is 3. The van der Waals surface area contributed by atoms with Crippen LogP contribution in [0.5, 0.6) is 17.2 Å². The molecule has 0 bridgehead atoms. The standard InChI is InChI=1S/C21H22N2O4S/c1-4-26-16-9-7-6-8-15(16)22-21-23-20(24)19(28-21)13-14-10-11-17(27-5-2)18(12-14)25-3/h6-13H,4-5H2,1-3H3,(H,22,23,24). The third-order valence-corrected chi connectivity index (χ3v) is 4.73. The van der Waals surface area contributed by atoms with Crippen LogP contribution in [0.3, 0.4) is 0 Å². The van der Waals surface area contributed by atoms with E-state index in [-0.39, 0.29) is 5.91 Å². The summed E-state index contributed by atoms with van der Waals surface area (Å²) < 4.78 is 16.5. The SMILES string of the molecule is CCOc1ccccc1N=C1NC(=O)C(=Cc2ccc(OCC)c(OC)c2)S1. The molecule has 1 aliphatic rings. The molecule has 6 nitrogen and oxygen atoms in total. The molecule has 0 atom stereocenters. The van der Waals surface area contributed by atoms with E-state index in [4.69, 9.17) is 14.2 Å². The van der Waals surface area contributed by atoms with Gasteiger partial charge in [-0.05, 0) is 61.5 Å². The summed E-state index contributed by atoms with van der Waals surface area (Å²) in [4.78, 5) is 17.4. The van der Waals surface area contributed by atoms with Gasteiger partial charge in [0.2, 0.25) is 0 Å². The molecule has 3 rings (SSSR count). The van der Waals surface area contributed by atoms with Crippen molar-refractivity contribution in [1.29, 1.82) is 0 Å². The van der Waals surface area contributed by atoms with Crippen molar-refractivity contribution in [3.63, 3.8) is 0 Å². The second kappa shape index (κ2) is 9.32. The van der Waals surface area contributed by atoms with Crippen molar-refractivity contribution in [3.8, 4) is 17.2 Å². The zero-order valence-electron chi connectivity index (χ0n) is 16.0. The normalized spacial score (nSPS) is 16.3. The van der Waals surface area contributed by atoms with E-state index in [0.717, 1.165) is 5.56 Å². The molecule has 7 heteroatoms. The smallest absolute Gasteiger partial charge is 0.264 e.